The number of hydrogen-bond acceptors (Lipinski definition) is 4. The van der Waals surface area contributed by atoms with Gasteiger partial charge in [-0.05, 0) is 62.0 Å². The number of hydrogen-bond donors (Lipinski definition) is 2. The number of rotatable bonds is 5. The molecule has 2 aromatic heterocycles. The number of pyridine rings is 1. The maximum atomic E-state index is 12.3. The molecular weight excluding hydrogens is 298 g/mol. The van der Waals surface area contributed by atoms with E-state index in [1.165, 1.54) is 0 Å². The van der Waals surface area contributed by atoms with Gasteiger partial charge in [0.15, 0.2) is 0 Å². The molecule has 0 saturated carbocycles. The number of carbonyl (C=O) groups is 1. The summed E-state index contributed by atoms with van der Waals surface area (Å²) in [5.74, 6) is -0.333. The standard InChI is InChI=1S/C16H21N3O2S/c1-10-7-11(2)18-16(21)14(10)15(20)17-8-13(19(3)4)12-5-6-22-9-12/h5-7,9,13H,8H2,1-4H3,(H,17,20)(H,18,21)/t13-/m0/s1. The second-order valence-electron chi connectivity index (χ2n) is 5.59. The van der Waals surface area contributed by atoms with Crippen LogP contribution in [0.4, 0.5) is 0 Å². The number of aromatic nitrogens is 1. The molecule has 0 spiro atoms. The first kappa shape index (κ1) is 16.5. The molecule has 0 bridgehead atoms. The Bertz CT molecular complexity index is 705. The minimum Gasteiger partial charge on any atom is -0.350 e. The summed E-state index contributed by atoms with van der Waals surface area (Å²) in [5, 5.41) is 6.96. The average molecular weight is 319 g/mol. The van der Waals surface area contributed by atoms with Crippen molar-refractivity contribution in [2.45, 2.75) is 19.9 Å². The van der Waals surface area contributed by atoms with Gasteiger partial charge in [-0.15, -0.1) is 0 Å². The van der Waals surface area contributed by atoms with Crippen molar-refractivity contribution in [3.8, 4) is 0 Å². The van der Waals surface area contributed by atoms with Crippen molar-refractivity contribution in [1.82, 2.24) is 15.2 Å². The van der Waals surface area contributed by atoms with E-state index >= 15 is 0 Å². The first-order valence-corrected chi connectivity index (χ1v) is 8.01. The van der Waals surface area contributed by atoms with Gasteiger partial charge >= 0.3 is 0 Å². The van der Waals surface area contributed by atoms with Gasteiger partial charge in [0.25, 0.3) is 11.5 Å². The molecule has 0 radical (unpaired) electrons. The lowest BCUT2D eigenvalue weighted by Crippen LogP contribution is -2.37. The van der Waals surface area contributed by atoms with Crippen molar-refractivity contribution in [3.63, 3.8) is 0 Å². The molecule has 2 N–H and O–H groups in total. The predicted molar refractivity (Wildman–Crippen MR) is 89.6 cm³/mol. The van der Waals surface area contributed by atoms with Gasteiger partial charge in [-0.3, -0.25) is 9.59 Å². The van der Waals surface area contributed by atoms with Crippen molar-refractivity contribution in [2.75, 3.05) is 20.6 Å². The quantitative estimate of drug-likeness (QED) is 0.887. The first-order valence-electron chi connectivity index (χ1n) is 7.07. The summed E-state index contributed by atoms with van der Waals surface area (Å²) in [6, 6.07) is 3.93. The van der Waals surface area contributed by atoms with Crippen molar-refractivity contribution in [1.29, 1.82) is 0 Å². The van der Waals surface area contributed by atoms with Crippen LogP contribution >= 0.6 is 11.3 Å². The van der Waals surface area contributed by atoms with Crippen LogP contribution < -0.4 is 10.9 Å². The summed E-state index contributed by atoms with van der Waals surface area (Å²) >= 11 is 1.63. The normalized spacial score (nSPS) is 12.4. The summed E-state index contributed by atoms with van der Waals surface area (Å²) in [4.78, 5) is 29.1. The zero-order valence-corrected chi connectivity index (χ0v) is 14.1. The Kier molecular flexibility index (Phi) is 5.15. The van der Waals surface area contributed by atoms with Crippen LogP contribution in [-0.2, 0) is 0 Å². The lowest BCUT2D eigenvalue weighted by atomic mass is 10.1. The molecule has 2 heterocycles. The van der Waals surface area contributed by atoms with E-state index in [4.69, 9.17) is 0 Å². The van der Waals surface area contributed by atoms with E-state index in [0.29, 0.717) is 12.1 Å². The second kappa shape index (κ2) is 6.89. The highest BCUT2D eigenvalue weighted by molar-refractivity contribution is 7.07. The van der Waals surface area contributed by atoms with Gasteiger partial charge in [0, 0.05) is 12.2 Å². The van der Waals surface area contributed by atoms with Gasteiger partial charge < -0.3 is 15.2 Å². The molecule has 0 fully saturated rings. The highest BCUT2D eigenvalue weighted by Crippen LogP contribution is 2.20. The van der Waals surface area contributed by atoms with Gasteiger partial charge in [0.1, 0.15) is 5.56 Å². The molecule has 0 aliphatic heterocycles. The van der Waals surface area contributed by atoms with Crippen molar-refractivity contribution < 1.29 is 4.79 Å². The maximum absolute atomic E-state index is 12.3. The molecule has 22 heavy (non-hydrogen) atoms. The molecule has 0 aliphatic carbocycles. The highest BCUT2D eigenvalue weighted by atomic mass is 32.1. The molecule has 0 unspecified atom stereocenters. The molecular formula is C16H21N3O2S. The summed E-state index contributed by atoms with van der Waals surface area (Å²) in [5.41, 5.74) is 2.45. The van der Waals surface area contributed by atoms with Gasteiger partial charge in [-0.25, -0.2) is 0 Å². The van der Waals surface area contributed by atoms with Crippen LogP contribution in [0, 0.1) is 13.8 Å². The number of aryl methyl sites for hydroxylation is 2. The summed E-state index contributed by atoms with van der Waals surface area (Å²) < 4.78 is 0. The molecule has 1 atom stereocenters. The van der Waals surface area contributed by atoms with E-state index in [0.717, 1.165) is 11.3 Å². The van der Waals surface area contributed by atoms with E-state index in [-0.39, 0.29) is 23.1 Å². The lowest BCUT2D eigenvalue weighted by molar-refractivity contribution is 0.0940. The third kappa shape index (κ3) is 3.64. The minimum atomic E-state index is -0.341. The third-order valence-electron chi connectivity index (χ3n) is 3.60. The van der Waals surface area contributed by atoms with E-state index in [1.807, 2.05) is 25.5 Å². The lowest BCUT2D eigenvalue weighted by Gasteiger charge is -2.24. The minimum absolute atomic E-state index is 0.0834. The molecule has 2 rings (SSSR count). The SMILES string of the molecule is Cc1cc(C)c(C(=O)NC[C@@H](c2ccsc2)N(C)C)c(=O)[nH]1. The molecule has 0 aromatic carbocycles. The van der Waals surface area contributed by atoms with Crippen molar-refractivity contribution in [3.05, 3.63) is 55.6 Å². The Hall–Kier alpha value is -1.92. The number of thiophene rings is 1. The molecule has 1 amide bonds. The van der Waals surface area contributed by atoms with Crippen LogP contribution in [0.3, 0.4) is 0 Å². The topological polar surface area (TPSA) is 65.2 Å². The van der Waals surface area contributed by atoms with Gasteiger partial charge in [-0.2, -0.15) is 11.3 Å². The third-order valence-corrected chi connectivity index (χ3v) is 4.30. The zero-order chi connectivity index (χ0) is 16.3. The first-order chi connectivity index (χ1) is 10.4. The van der Waals surface area contributed by atoms with Crippen LogP contribution in [0.5, 0.6) is 0 Å². The Morgan fingerprint density at radius 2 is 2.14 bits per heavy atom. The average Bonchev–Trinajstić information content (AvgIpc) is 2.91. The second-order valence-corrected chi connectivity index (χ2v) is 6.37. The van der Waals surface area contributed by atoms with Crippen LogP contribution in [0.2, 0.25) is 0 Å². The van der Waals surface area contributed by atoms with E-state index < -0.39 is 0 Å². The highest BCUT2D eigenvalue weighted by Gasteiger charge is 2.19. The smallest absolute Gasteiger partial charge is 0.261 e. The molecule has 0 saturated heterocycles. The van der Waals surface area contributed by atoms with Crippen molar-refractivity contribution in [2.24, 2.45) is 0 Å². The predicted octanol–water partition coefficient (Wildman–Crippen LogP) is 2.09. The van der Waals surface area contributed by atoms with Crippen LogP contribution in [0.25, 0.3) is 0 Å². The number of nitrogens with zero attached hydrogens (tertiary/aromatic N) is 1. The van der Waals surface area contributed by atoms with Crippen LogP contribution in [0.15, 0.2) is 27.7 Å². The Morgan fingerprint density at radius 3 is 2.68 bits per heavy atom. The number of nitrogens with one attached hydrogen (secondary N) is 2. The number of H-pyrrole nitrogens is 1. The van der Waals surface area contributed by atoms with Crippen LogP contribution in [-0.4, -0.2) is 36.4 Å². The summed E-state index contributed by atoms with van der Waals surface area (Å²) in [6.07, 6.45) is 0. The van der Waals surface area contributed by atoms with E-state index in [2.05, 4.69) is 20.6 Å². The van der Waals surface area contributed by atoms with E-state index in [1.54, 1.807) is 31.3 Å². The van der Waals surface area contributed by atoms with Gasteiger partial charge in [0.2, 0.25) is 0 Å². The van der Waals surface area contributed by atoms with Gasteiger partial charge in [0.05, 0.1) is 6.04 Å². The Balaban J connectivity index is 2.14. The molecule has 6 heteroatoms. The fourth-order valence-electron chi connectivity index (χ4n) is 2.48. The van der Waals surface area contributed by atoms with Crippen molar-refractivity contribution >= 4 is 17.2 Å². The molecule has 0 aliphatic rings. The fourth-order valence-corrected chi connectivity index (χ4v) is 3.18. The maximum Gasteiger partial charge on any atom is 0.261 e. The summed E-state index contributed by atoms with van der Waals surface area (Å²) in [6.45, 7) is 4.03. The number of carbonyl (C=O) groups excluding carboxylic acids is 1. The van der Waals surface area contributed by atoms with Gasteiger partial charge in [-0.1, -0.05) is 0 Å². The molecule has 5 nitrogen and oxygen atoms in total. The number of likely N-dealkylation sites (N-methyl/N-ethyl adjacent to an activating group) is 1. The zero-order valence-electron chi connectivity index (χ0n) is 13.3. The molecule has 118 valence electrons. The number of aromatic amines is 1. The molecule has 2 aromatic rings. The van der Waals surface area contributed by atoms with Crippen LogP contribution in [0.1, 0.15) is 33.2 Å². The van der Waals surface area contributed by atoms with E-state index in [9.17, 15) is 9.59 Å². The largest absolute Gasteiger partial charge is 0.350 e. The fraction of sp³-hybridized carbons (Fsp3) is 0.375. The monoisotopic (exact) mass is 319 g/mol. The Morgan fingerprint density at radius 1 is 1.41 bits per heavy atom. The Labute approximate surface area is 134 Å². The number of amides is 1. The summed E-state index contributed by atoms with van der Waals surface area (Å²) in [7, 11) is 3.94.